The minimum absolute atomic E-state index is 0.0309. The van der Waals surface area contributed by atoms with Gasteiger partial charge in [0.25, 0.3) is 0 Å². The predicted octanol–water partition coefficient (Wildman–Crippen LogP) is 2.58. The number of piperazine rings is 1. The van der Waals surface area contributed by atoms with Gasteiger partial charge >= 0.3 is 0 Å². The quantitative estimate of drug-likeness (QED) is 0.560. The summed E-state index contributed by atoms with van der Waals surface area (Å²) in [7, 11) is -3.79. The first-order chi connectivity index (χ1) is 15.9. The standard InChI is InChI=1S/C22H24FN5O3S2/c23-17-6-1-2-8-19(17)26-11-13-27(14-12-26)22(29)16-5-4-10-28(15-16)33(30,31)20-9-3-7-18-21(20)25-32-24-18/h1-3,6-9,16H,4-5,10-15H2/t16-/m0/s1. The van der Waals surface area contributed by atoms with Crippen LogP contribution in [0.5, 0.6) is 0 Å². The van der Waals surface area contributed by atoms with Crippen LogP contribution in [0.3, 0.4) is 0 Å². The van der Waals surface area contributed by atoms with E-state index in [1.54, 1.807) is 41.3 Å². The maximum Gasteiger partial charge on any atom is 0.245 e. The number of nitrogens with zero attached hydrogens (tertiary/aromatic N) is 5. The average molecular weight is 490 g/mol. The number of carbonyl (C=O) groups excluding carboxylic acids is 1. The molecule has 0 saturated carbocycles. The Hall–Kier alpha value is -2.63. The highest BCUT2D eigenvalue weighted by Crippen LogP contribution is 2.29. The molecule has 0 aliphatic carbocycles. The van der Waals surface area contributed by atoms with Crippen molar-refractivity contribution in [3.8, 4) is 0 Å². The van der Waals surface area contributed by atoms with E-state index in [4.69, 9.17) is 0 Å². The van der Waals surface area contributed by atoms with Gasteiger partial charge in [0.15, 0.2) is 0 Å². The largest absolute Gasteiger partial charge is 0.366 e. The summed E-state index contributed by atoms with van der Waals surface area (Å²) in [5.74, 6) is -0.686. The van der Waals surface area contributed by atoms with E-state index in [2.05, 4.69) is 8.75 Å². The van der Waals surface area contributed by atoms with Crippen LogP contribution in [0.25, 0.3) is 11.0 Å². The van der Waals surface area contributed by atoms with Gasteiger partial charge in [-0.25, -0.2) is 12.8 Å². The number of hydrogen-bond donors (Lipinski definition) is 0. The van der Waals surface area contributed by atoms with Crippen molar-refractivity contribution in [3.63, 3.8) is 0 Å². The van der Waals surface area contributed by atoms with Crippen LogP contribution in [-0.4, -0.2) is 71.5 Å². The highest BCUT2D eigenvalue weighted by molar-refractivity contribution is 7.89. The summed E-state index contributed by atoms with van der Waals surface area (Å²) in [4.78, 5) is 17.1. The van der Waals surface area contributed by atoms with E-state index in [-0.39, 0.29) is 29.1 Å². The lowest BCUT2D eigenvalue weighted by Crippen LogP contribution is -2.53. The molecule has 0 unspecified atom stereocenters. The fourth-order valence-electron chi connectivity index (χ4n) is 4.63. The van der Waals surface area contributed by atoms with Crippen molar-refractivity contribution < 1.29 is 17.6 Å². The molecule has 8 nitrogen and oxygen atoms in total. The summed E-state index contributed by atoms with van der Waals surface area (Å²) in [5, 5.41) is 0. The van der Waals surface area contributed by atoms with Gasteiger partial charge in [-0.3, -0.25) is 4.79 Å². The van der Waals surface area contributed by atoms with Crippen molar-refractivity contribution in [1.29, 1.82) is 0 Å². The van der Waals surface area contributed by atoms with Crippen molar-refractivity contribution in [1.82, 2.24) is 18.0 Å². The zero-order valence-corrected chi connectivity index (χ0v) is 19.6. The molecule has 2 fully saturated rings. The Balaban J connectivity index is 1.27. The maximum atomic E-state index is 14.1. The topological polar surface area (TPSA) is 86.7 Å². The number of fused-ring (bicyclic) bond motifs is 1. The minimum Gasteiger partial charge on any atom is -0.366 e. The summed E-state index contributed by atoms with van der Waals surface area (Å²) < 4.78 is 50.5. The van der Waals surface area contributed by atoms with Crippen molar-refractivity contribution in [3.05, 3.63) is 48.3 Å². The van der Waals surface area contributed by atoms with Gasteiger partial charge in [-0.15, -0.1) is 0 Å². The molecule has 1 atom stereocenters. The number of piperidine rings is 1. The van der Waals surface area contributed by atoms with Crippen LogP contribution in [0.4, 0.5) is 10.1 Å². The molecular weight excluding hydrogens is 465 g/mol. The summed E-state index contributed by atoms with van der Waals surface area (Å²) in [6.07, 6.45) is 1.27. The third-order valence-corrected chi connectivity index (χ3v) is 8.82. The molecule has 3 aromatic rings. The first-order valence-electron chi connectivity index (χ1n) is 10.9. The predicted molar refractivity (Wildman–Crippen MR) is 124 cm³/mol. The molecule has 1 aromatic heterocycles. The van der Waals surface area contributed by atoms with Crippen LogP contribution in [-0.2, 0) is 14.8 Å². The van der Waals surface area contributed by atoms with Gasteiger partial charge in [0.2, 0.25) is 15.9 Å². The van der Waals surface area contributed by atoms with Crippen molar-refractivity contribution in [2.45, 2.75) is 17.7 Å². The number of para-hydroxylation sites is 1. The van der Waals surface area contributed by atoms with E-state index in [9.17, 15) is 17.6 Å². The maximum absolute atomic E-state index is 14.1. The summed E-state index contributed by atoms with van der Waals surface area (Å²) >= 11 is 0.982. The van der Waals surface area contributed by atoms with Crippen LogP contribution in [0.15, 0.2) is 47.4 Å². The number of amides is 1. The molecule has 0 radical (unpaired) electrons. The Morgan fingerprint density at radius 3 is 2.58 bits per heavy atom. The van der Waals surface area contributed by atoms with Crippen LogP contribution in [0, 0.1) is 11.7 Å². The van der Waals surface area contributed by atoms with E-state index >= 15 is 0 Å². The molecule has 2 saturated heterocycles. The number of hydrogen-bond acceptors (Lipinski definition) is 7. The average Bonchev–Trinajstić information content (AvgIpc) is 3.33. The Morgan fingerprint density at radius 1 is 1.00 bits per heavy atom. The van der Waals surface area contributed by atoms with Gasteiger partial charge in [-0.2, -0.15) is 13.1 Å². The number of anilines is 1. The SMILES string of the molecule is O=C([C@H]1CCCN(S(=O)(=O)c2cccc3nsnc23)C1)N1CCN(c2ccccc2F)CC1. The van der Waals surface area contributed by atoms with Gasteiger partial charge in [-0.05, 0) is 37.1 Å². The Morgan fingerprint density at radius 2 is 1.79 bits per heavy atom. The minimum atomic E-state index is -3.79. The molecule has 0 N–H and O–H groups in total. The second kappa shape index (κ2) is 8.96. The monoisotopic (exact) mass is 489 g/mol. The molecule has 33 heavy (non-hydrogen) atoms. The molecule has 1 amide bonds. The fraction of sp³-hybridized carbons (Fsp3) is 0.409. The number of rotatable bonds is 4. The molecule has 2 aliphatic heterocycles. The second-order valence-corrected chi connectivity index (χ2v) is 10.8. The molecule has 174 valence electrons. The highest BCUT2D eigenvalue weighted by atomic mass is 32.2. The number of aromatic nitrogens is 2. The zero-order valence-electron chi connectivity index (χ0n) is 17.9. The normalized spacial score (nSPS) is 20.3. The van der Waals surface area contributed by atoms with E-state index < -0.39 is 10.0 Å². The molecule has 0 spiro atoms. The Labute approximate surface area is 196 Å². The summed E-state index contributed by atoms with van der Waals surface area (Å²) in [5.41, 5.74) is 1.48. The van der Waals surface area contributed by atoms with Gasteiger partial charge in [0.05, 0.1) is 23.3 Å². The van der Waals surface area contributed by atoms with Crippen molar-refractivity contribution in [2.24, 2.45) is 5.92 Å². The molecule has 3 heterocycles. The van der Waals surface area contributed by atoms with Gasteiger partial charge < -0.3 is 9.80 Å². The van der Waals surface area contributed by atoms with Gasteiger partial charge in [0, 0.05) is 39.3 Å². The number of sulfonamides is 1. The van der Waals surface area contributed by atoms with Gasteiger partial charge in [0.1, 0.15) is 21.7 Å². The third kappa shape index (κ3) is 4.20. The molecule has 2 aromatic carbocycles. The van der Waals surface area contributed by atoms with E-state index in [0.29, 0.717) is 62.3 Å². The molecular formula is C22H24FN5O3S2. The van der Waals surface area contributed by atoms with E-state index in [1.807, 2.05) is 4.90 Å². The summed E-state index contributed by atoms with van der Waals surface area (Å²) in [6, 6.07) is 11.6. The second-order valence-electron chi connectivity index (χ2n) is 8.35. The van der Waals surface area contributed by atoms with Gasteiger partial charge in [-0.1, -0.05) is 18.2 Å². The van der Waals surface area contributed by atoms with Crippen LogP contribution in [0.2, 0.25) is 0 Å². The first kappa shape index (κ1) is 22.2. The van der Waals surface area contributed by atoms with E-state index in [1.165, 1.54) is 10.4 Å². The number of benzene rings is 2. The van der Waals surface area contributed by atoms with Crippen LogP contribution in [0.1, 0.15) is 12.8 Å². The smallest absolute Gasteiger partial charge is 0.245 e. The zero-order chi connectivity index (χ0) is 23.0. The van der Waals surface area contributed by atoms with Crippen molar-refractivity contribution >= 4 is 44.4 Å². The highest BCUT2D eigenvalue weighted by Gasteiger charge is 2.37. The Kier molecular flexibility index (Phi) is 6.02. The summed E-state index contributed by atoms with van der Waals surface area (Å²) in [6.45, 7) is 2.59. The Bertz CT molecular complexity index is 1270. The lowest BCUT2D eigenvalue weighted by atomic mass is 9.97. The van der Waals surface area contributed by atoms with Crippen LogP contribution >= 0.6 is 11.7 Å². The molecule has 11 heteroatoms. The molecule has 2 aliphatic rings. The lowest BCUT2D eigenvalue weighted by molar-refractivity contribution is -0.137. The number of carbonyl (C=O) groups is 1. The third-order valence-electron chi connectivity index (χ3n) is 6.38. The van der Waals surface area contributed by atoms with Crippen LogP contribution < -0.4 is 4.90 Å². The first-order valence-corrected chi connectivity index (χ1v) is 13.1. The fourth-order valence-corrected chi connectivity index (χ4v) is 6.90. The van der Waals surface area contributed by atoms with Crippen molar-refractivity contribution in [2.75, 3.05) is 44.2 Å². The molecule has 5 rings (SSSR count). The molecule has 0 bridgehead atoms. The number of halogens is 1. The van der Waals surface area contributed by atoms with E-state index in [0.717, 1.165) is 11.7 Å². The lowest BCUT2D eigenvalue weighted by Gasteiger charge is -2.39.